The molecule has 3 aromatic rings. The highest BCUT2D eigenvalue weighted by Crippen LogP contribution is 2.28. The van der Waals surface area contributed by atoms with Crippen molar-refractivity contribution in [2.24, 2.45) is 10.7 Å². The molecule has 1 amide bonds. The Morgan fingerprint density at radius 2 is 2.00 bits per heavy atom. The van der Waals surface area contributed by atoms with Gasteiger partial charge in [0.05, 0.1) is 0 Å². The maximum atomic E-state index is 11.9. The standard InChI is InChI=1S/C19H18ClN5O2/c1-10-6-12(7-11(2)16(10)26)9-22-18-15(17(21)27)19(25-24-18)23-14-5-3-4-13(20)8-14/h3-9,26H,1-2H3,(H2,21,27)(H2,23,24,25). The molecule has 0 bridgehead atoms. The number of anilines is 2. The second kappa shape index (κ2) is 7.51. The summed E-state index contributed by atoms with van der Waals surface area (Å²) in [6, 6.07) is 10.6. The molecule has 0 fully saturated rings. The number of aromatic amines is 1. The number of hydrogen-bond donors (Lipinski definition) is 4. The predicted molar refractivity (Wildman–Crippen MR) is 107 cm³/mol. The number of nitrogens with zero attached hydrogens (tertiary/aromatic N) is 2. The minimum absolute atomic E-state index is 0.137. The van der Waals surface area contributed by atoms with Gasteiger partial charge in [-0.25, -0.2) is 4.99 Å². The van der Waals surface area contributed by atoms with Gasteiger partial charge in [-0.3, -0.25) is 9.89 Å². The number of nitrogens with one attached hydrogen (secondary N) is 2. The predicted octanol–water partition coefficient (Wildman–Crippen LogP) is 3.98. The molecule has 5 N–H and O–H groups in total. The van der Waals surface area contributed by atoms with E-state index < -0.39 is 5.91 Å². The molecule has 0 radical (unpaired) electrons. The third-order valence-corrected chi connectivity index (χ3v) is 4.17. The van der Waals surface area contributed by atoms with Crippen molar-refractivity contribution in [3.05, 3.63) is 63.7 Å². The average molecular weight is 384 g/mol. The Labute approximate surface area is 160 Å². The lowest BCUT2D eigenvalue weighted by molar-refractivity contribution is 0.100. The van der Waals surface area contributed by atoms with Crippen LogP contribution in [0.25, 0.3) is 0 Å². The van der Waals surface area contributed by atoms with E-state index in [9.17, 15) is 9.90 Å². The first-order valence-corrected chi connectivity index (χ1v) is 8.48. The van der Waals surface area contributed by atoms with E-state index in [1.165, 1.54) is 0 Å². The topological polar surface area (TPSA) is 116 Å². The van der Waals surface area contributed by atoms with Gasteiger partial charge in [0.1, 0.15) is 17.1 Å². The lowest BCUT2D eigenvalue weighted by Crippen LogP contribution is -2.12. The summed E-state index contributed by atoms with van der Waals surface area (Å²) in [7, 11) is 0. The van der Waals surface area contributed by atoms with E-state index in [1.807, 2.05) is 0 Å². The molecular formula is C19H18ClN5O2. The molecule has 0 saturated carbocycles. The molecule has 138 valence electrons. The monoisotopic (exact) mass is 383 g/mol. The average Bonchev–Trinajstić information content (AvgIpc) is 3.00. The molecule has 0 saturated heterocycles. The summed E-state index contributed by atoms with van der Waals surface area (Å²) >= 11 is 5.97. The van der Waals surface area contributed by atoms with Gasteiger partial charge in [-0.2, -0.15) is 5.10 Å². The van der Waals surface area contributed by atoms with Crippen molar-refractivity contribution in [3.8, 4) is 5.75 Å². The second-order valence-corrected chi connectivity index (χ2v) is 6.49. The summed E-state index contributed by atoms with van der Waals surface area (Å²) in [5.41, 5.74) is 8.56. The van der Waals surface area contributed by atoms with Crippen LogP contribution in [0.2, 0.25) is 5.02 Å². The zero-order valence-electron chi connectivity index (χ0n) is 14.7. The van der Waals surface area contributed by atoms with Crippen molar-refractivity contribution < 1.29 is 9.90 Å². The highest BCUT2D eigenvalue weighted by molar-refractivity contribution is 6.30. The Hall–Kier alpha value is -3.32. The SMILES string of the molecule is Cc1cc(C=Nc2n[nH]c(Nc3cccc(Cl)c3)c2C(N)=O)cc(C)c1O. The molecular weight excluding hydrogens is 366 g/mol. The summed E-state index contributed by atoms with van der Waals surface area (Å²) in [6.07, 6.45) is 1.56. The number of aryl methyl sites for hydroxylation is 2. The zero-order chi connectivity index (χ0) is 19.6. The van der Waals surface area contributed by atoms with Crippen LogP contribution in [0, 0.1) is 13.8 Å². The second-order valence-electron chi connectivity index (χ2n) is 6.06. The van der Waals surface area contributed by atoms with Crippen LogP contribution in [0.5, 0.6) is 5.75 Å². The van der Waals surface area contributed by atoms with Gasteiger partial charge in [-0.1, -0.05) is 17.7 Å². The van der Waals surface area contributed by atoms with E-state index in [4.69, 9.17) is 17.3 Å². The van der Waals surface area contributed by atoms with Crippen molar-refractivity contribution in [1.29, 1.82) is 0 Å². The minimum Gasteiger partial charge on any atom is -0.507 e. The molecule has 2 aromatic carbocycles. The number of primary amides is 1. The Balaban J connectivity index is 1.92. The lowest BCUT2D eigenvalue weighted by Gasteiger charge is -2.06. The molecule has 7 nitrogen and oxygen atoms in total. The van der Waals surface area contributed by atoms with Crippen molar-refractivity contribution in [3.63, 3.8) is 0 Å². The van der Waals surface area contributed by atoms with Gasteiger partial charge < -0.3 is 16.2 Å². The van der Waals surface area contributed by atoms with E-state index in [1.54, 1.807) is 56.5 Å². The number of H-pyrrole nitrogens is 1. The summed E-state index contributed by atoms with van der Waals surface area (Å²) < 4.78 is 0. The van der Waals surface area contributed by atoms with Crippen molar-refractivity contribution in [1.82, 2.24) is 10.2 Å². The molecule has 1 heterocycles. The summed E-state index contributed by atoms with van der Waals surface area (Å²) in [5.74, 6) is 0.0710. The van der Waals surface area contributed by atoms with Crippen molar-refractivity contribution in [2.45, 2.75) is 13.8 Å². The van der Waals surface area contributed by atoms with Crippen LogP contribution in [0.1, 0.15) is 27.0 Å². The summed E-state index contributed by atoms with van der Waals surface area (Å²) in [4.78, 5) is 16.2. The van der Waals surface area contributed by atoms with Crippen molar-refractivity contribution >= 4 is 41.0 Å². The summed E-state index contributed by atoms with van der Waals surface area (Å²) in [5, 5.41) is 20.2. The van der Waals surface area contributed by atoms with Crippen LogP contribution in [-0.2, 0) is 0 Å². The molecule has 0 aliphatic carbocycles. The zero-order valence-corrected chi connectivity index (χ0v) is 15.5. The first kappa shape index (κ1) is 18.5. The number of carbonyl (C=O) groups is 1. The van der Waals surface area contributed by atoms with E-state index in [-0.39, 0.29) is 17.1 Å². The summed E-state index contributed by atoms with van der Waals surface area (Å²) in [6.45, 7) is 3.60. The number of aromatic hydroxyl groups is 1. The van der Waals surface area contributed by atoms with Gasteiger partial charge in [0.25, 0.3) is 5.91 Å². The van der Waals surface area contributed by atoms with Gasteiger partial charge in [0.2, 0.25) is 0 Å². The number of rotatable bonds is 5. The third-order valence-electron chi connectivity index (χ3n) is 3.94. The Bertz CT molecular complexity index is 1020. The number of aromatic nitrogens is 2. The smallest absolute Gasteiger partial charge is 0.256 e. The van der Waals surface area contributed by atoms with Gasteiger partial charge in [0, 0.05) is 16.9 Å². The Morgan fingerprint density at radius 3 is 2.63 bits per heavy atom. The highest BCUT2D eigenvalue weighted by atomic mass is 35.5. The number of nitrogens with two attached hydrogens (primary N) is 1. The molecule has 8 heteroatoms. The molecule has 0 aliphatic heterocycles. The largest absolute Gasteiger partial charge is 0.507 e. The quantitative estimate of drug-likeness (QED) is 0.498. The number of benzene rings is 2. The molecule has 27 heavy (non-hydrogen) atoms. The molecule has 1 aromatic heterocycles. The van der Waals surface area contributed by atoms with Gasteiger partial charge in [0.15, 0.2) is 5.82 Å². The fourth-order valence-electron chi connectivity index (χ4n) is 2.66. The Kier molecular flexibility index (Phi) is 5.14. The minimum atomic E-state index is -0.668. The lowest BCUT2D eigenvalue weighted by atomic mass is 10.1. The van der Waals surface area contributed by atoms with Crippen LogP contribution in [0.15, 0.2) is 41.4 Å². The van der Waals surface area contributed by atoms with E-state index >= 15 is 0 Å². The van der Waals surface area contributed by atoms with Gasteiger partial charge in [-0.05, 0) is 60.9 Å². The Morgan fingerprint density at radius 1 is 1.30 bits per heavy atom. The van der Waals surface area contributed by atoms with Gasteiger partial charge in [-0.15, -0.1) is 0 Å². The fraction of sp³-hybridized carbons (Fsp3) is 0.105. The molecule has 0 unspecified atom stereocenters. The first-order chi connectivity index (χ1) is 12.8. The van der Waals surface area contributed by atoms with Crippen LogP contribution >= 0.6 is 11.6 Å². The maximum absolute atomic E-state index is 11.9. The van der Waals surface area contributed by atoms with Crippen LogP contribution < -0.4 is 11.1 Å². The van der Waals surface area contributed by atoms with Crippen LogP contribution in [0.4, 0.5) is 17.3 Å². The number of hydrogen-bond acceptors (Lipinski definition) is 5. The van der Waals surface area contributed by atoms with E-state index in [0.717, 1.165) is 16.7 Å². The van der Waals surface area contributed by atoms with E-state index in [0.29, 0.717) is 16.5 Å². The number of aliphatic imine (C=N–C) groups is 1. The molecule has 0 spiro atoms. The molecule has 0 atom stereocenters. The number of halogens is 1. The number of carbonyl (C=O) groups excluding carboxylic acids is 1. The number of phenolic OH excluding ortho intramolecular Hbond substituents is 1. The van der Waals surface area contributed by atoms with Gasteiger partial charge >= 0.3 is 0 Å². The number of phenols is 1. The highest BCUT2D eigenvalue weighted by Gasteiger charge is 2.18. The maximum Gasteiger partial charge on any atom is 0.256 e. The third kappa shape index (κ3) is 4.09. The van der Waals surface area contributed by atoms with Crippen molar-refractivity contribution in [2.75, 3.05) is 5.32 Å². The van der Waals surface area contributed by atoms with Crippen LogP contribution in [-0.4, -0.2) is 27.4 Å². The van der Waals surface area contributed by atoms with Crippen LogP contribution in [0.3, 0.4) is 0 Å². The molecule has 0 aliphatic rings. The normalized spacial score (nSPS) is 11.1. The first-order valence-electron chi connectivity index (χ1n) is 8.10. The molecule has 3 rings (SSSR count). The number of amides is 1. The van der Waals surface area contributed by atoms with E-state index in [2.05, 4.69) is 20.5 Å². The fourth-order valence-corrected chi connectivity index (χ4v) is 2.85.